The molecular weight excluding hydrogens is 255 g/mol. The molecule has 0 aliphatic carbocycles. The van der Waals surface area contributed by atoms with Crippen molar-refractivity contribution in [3.8, 4) is 0 Å². The molecule has 3 nitrogen and oxygen atoms in total. The monoisotopic (exact) mass is 274 g/mol. The molecule has 1 rings (SSSR count). The Hall–Kier alpha value is -1.13. The number of nitrogens with zero attached hydrogens (tertiary/aromatic N) is 1. The van der Waals surface area contributed by atoms with E-state index >= 15 is 0 Å². The van der Waals surface area contributed by atoms with E-state index in [1.54, 1.807) is 19.2 Å². The van der Waals surface area contributed by atoms with E-state index in [9.17, 15) is 9.18 Å². The zero-order chi connectivity index (χ0) is 13.0. The molecule has 0 spiro atoms. The van der Waals surface area contributed by atoms with Crippen molar-refractivity contribution < 1.29 is 9.18 Å². The summed E-state index contributed by atoms with van der Waals surface area (Å²) in [6.07, 6.45) is 0.643. The van der Waals surface area contributed by atoms with Crippen molar-refractivity contribution in [3.63, 3.8) is 0 Å². The lowest BCUT2D eigenvalue weighted by Crippen LogP contribution is -2.42. The molecule has 1 aromatic carbocycles. The van der Waals surface area contributed by atoms with E-state index in [2.05, 4.69) is 0 Å². The minimum absolute atomic E-state index is 0. The van der Waals surface area contributed by atoms with Crippen LogP contribution in [-0.4, -0.2) is 19.0 Å². The maximum absolute atomic E-state index is 12.8. The lowest BCUT2D eigenvalue weighted by molar-refractivity contribution is -0.119. The van der Waals surface area contributed by atoms with Crippen LogP contribution in [0.1, 0.15) is 20.3 Å². The minimum atomic E-state index is -0.509. The first-order valence-corrected chi connectivity index (χ1v) is 5.70. The molecule has 1 atom stereocenters. The van der Waals surface area contributed by atoms with Crippen molar-refractivity contribution in [2.75, 3.05) is 11.9 Å². The third kappa shape index (κ3) is 4.63. The van der Waals surface area contributed by atoms with Gasteiger partial charge in [-0.05, 0) is 36.6 Å². The molecule has 1 amide bonds. The second kappa shape index (κ2) is 7.34. The van der Waals surface area contributed by atoms with Gasteiger partial charge in [0.1, 0.15) is 5.82 Å². The van der Waals surface area contributed by atoms with Crippen LogP contribution in [-0.2, 0) is 4.79 Å². The molecule has 0 unspecified atom stereocenters. The lowest BCUT2D eigenvalue weighted by Gasteiger charge is -2.22. The molecule has 0 aliphatic rings. The summed E-state index contributed by atoms with van der Waals surface area (Å²) >= 11 is 0. The number of hydrogen-bond acceptors (Lipinski definition) is 2. The molecule has 0 saturated heterocycles. The van der Waals surface area contributed by atoms with E-state index in [0.717, 1.165) is 0 Å². The number of amides is 1. The third-order valence-corrected chi connectivity index (χ3v) is 2.59. The van der Waals surface area contributed by atoms with Gasteiger partial charge in [0.25, 0.3) is 0 Å². The van der Waals surface area contributed by atoms with Crippen LogP contribution in [0, 0.1) is 11.7 Å². The first kappa shape index (κ1) is 16.9. The highest BCUT2D eigenvalue weighted by molar-refractivity contribution is 5.96. The number of rotatable bonds is 4. The first-order valence-electron chi connectivity index (χ1n) is 5.70. The van der Waals surface area contributed by atoms with Gasteiger partial charge in [0.2, 0.25) is 5.91 Å². The SMILES string of the molecule is CC(C)C[C@H](N)C(=O)N(C)c1ccc(F)cc1.Cl. The van der Waals surface area contributed by atoms with Gasteiger partial charge < -0.3 is 10.6 Å². The van der Waals surface area contributed by atoms with Gasteiger partial charge in [-0.3, -0.25) is 4.79 Å². The Bertz CT molecular complexity index is 381. The Kier molecular flexibility index (Phi) is 6.88. The molecule has 0 heterocycles. The van der Waals surface area contributed by atoms with Crippen molar-refractivity contribution in [2.45, 2.75) is 26.3 Å². The van der Waals surface area contributed by atoms with Gasteiger partial charge in [0, 0.05) is 12.7 Å². The molecule has 5 heteroatoms. The van der Waals surface area contributed by atoms with Crippen LogP contribution in [0.5, 0.6) is 0 Å². The topological polar surface area (TPSA) is 46.3 Å². The number of anilines is 1. The van der Waals surface area contributed by atoms with Gasteiger partial charge in [-0.1, -0.05) is 13.8 Å². The summed E-state index contributed by atoms with van der Waals surface area (Å²) in [5.41, 5.74) is 6.47. The maximum atomic E-state index is 12.8. The zero-order valence-corrected chi connectivity index (χ0v) is 11.7. The summed E-state index contributed by atoms with van der Waals surface area (Å²) in [6, 6.07) is 5.27. The number of hydrogen-bond donors (Lipinski definition) is 1. The van der Waals surface area contributed by atoms with Crippen LogP contribution in [0.15, 0.2) is 24.3 Å². The van der Waals surface area contributed by atoms with Gasteiger partial charge in [0.05, 0.1) is 6.04 Å². The molecule has 0 aromatic heterocycles. The third-order valence-electron chi connectivity index (χ3n) is 2.59. The Balaban J connectivity index is 0.00000289. The minimum Gasteiger partial charge on any atom is -0.320 e. The molecule has 0 bridgehead atoms. The molecule has 0 saturated carbocycles. The van der Waals surface area contributed by atoms with E-state index < -0.39 is 6.04 Å². The van der Waals surface area contributed by atoms with Gasteiger partial charge in [0.15, 0.2) is 0 Å². The quantitative estimate of drug-likeness (QED) is 0.917. The van der Waals surface area contributed by atoms with Crippen LogP contribution >= 0.6 is 12.4 Å². The Morgan fingerprint density at radius 2 is 1.83 bits per heavy atom. The van der Waals surface area contributed by atoms with E-state index in [4.69, 9.17) is 5.73 Å². The van der Waals surface area contributed by atoms with Crippen molar-refractivity contribution in [2.24, 2.45) is 11.7 Å². The fourth-order valence-corrected chi connectivity index (χ4v) is 1.65. The molecule has 1 aromatic rings. The van der Waals surface area contributed by atoms with Crippen LogP contribution in [0.4, 0.5) is 10.1 Å². The molecule has 102 valence electrons. The molecular formula is C13H20ClFN2O. The van der Waals surface area contributed by atoms with Crippen LogP contribution in [0.3, 0.4) is 0 Å². The van der Waals surface area contributed by atoms with Crippen LogP contribution in [0.25, 0.3) is 0 Å². The highest BCUT2D eigenvalue weighted by atomic mass is 35.5. The van der Waals surface area contributed by atoms with Crippen molar-refractivity contribution >= 4 is 24.0 Å². The molecule has 18 heavy (non-hydrogen) atoms. The summed E-state index contributed by atoms with van der Waals surface area (Å²) in [5, 5.41) is 0. The van der Waals surface area contributed by atoms with Gasteiger partial charge >= 0.3 is 0 Å². The second-order valence-corrected chi connectivity index (χ2v) is 4.61. The van der Waals surface area contributed by atoms with Gasteiger partial charge in [-0.25, -0.2) is 4.39 Å². The van der Waals surface area contributed by atoms with Crippen molar-refractivity contribution in [1.82, 2.24) is 0 Å². The number of likely N-dealkylation sites (N-methyl/N-ethyl adjacent to an activating group) is 1. The number of nitrogens with two attached hydrogens (primary N) is 1. The number of halogens is 2. The lowest BCUT2D eigenvalue weighted by atomic mass is 10.0. The van der Waals surface area contributed by atoms with E-state index in [1.807, 2.05) is 13.8 Å². The van der Waals surface area contributed by atoms with E-state index in [1.165, 1.54) is 17.0 Å². The maximum Gasteiger partial charge on any atom is 0.243 e. The largest absolute Gasteiger partial charge is 0.320 e. The van der Waals surface area contributed by atoms with Gasteiger partial charge in [-0.2, -0.15) is 0 Å². The summed E-state index contributed by atoms with van der Waals surface area (Å²) in [7, 11) is 1.65. The Morgan fingerprint density at radius 3 is 2.28 bits per heavy atom. The summed E-state index contributed by atoms with van der Waals surface area (Å²) in [4.78, 5) is 13.4. The summed E-state index contributed by atoms with van der Waals surface area (Å²) in [6.45, 7) is 4.04. The summed E-state index contributed by atoms with van der Waals surface area (Å²) < 4.78 is 12.8. The Morgan fingerprint density at radius 1 is 1.33 bits per heavy atom. The average Bonchev–Trinajstić information content (AvgIpc) is 2.27. The fourth-order valence-electron chi connectivity index (χ4n) is 1.65. The van der Waals surface area contributed by atoms with Crippen LogP contribution in [0.2, 0.25) is 0 Å². The average molecular weight is 275 g/mol. The van der Waals surface area contributed by atoms with E-state index in [0.29, 0.717) is 18.0 Å². The normalized spacial score (nSPS) is 11.9. The first-order chi connectivity index (χ1) is 7.91. The van der Waals surface area contributed by atoms with Crippen molar-refractivity contribution in [3.05, 3.63) is 30.1 Å². The number of carbonyl (C=O) groups excluding carboxylic acids is 1. The molecule has 0 aliphatic heterocycles. The standard InChI is InChI=1S/C13H19FN2O.ClH/c1-9(2)8-12(15)13(17)16(3)11-6-4-10(14)5-7-11;/h4-7,9,12H,8,15H2,1-3H3;1H/t12-;/m0./s1. The number of carbonyl (C=O) groups is 1. The van der Waals surface area contributed by atoms with Crippen molar-refractivity contribution in [1.29, 1.82) is 0 Å². The highest BCUT2D eigenvalue weighted by Crippen LogP contribution is 2.15. The van der Waals surface area contributed by atoms with Crippen LogP contribution < -0.4 is 10.6 Å². The van der Waals surface area contributed by atoms with Gasteiger partial charge in [-0.15, -0.1) is 12.4 Å². The molecule has 0 fully saturated rings. The predicted octanol–water partition coefficient (Wildman–Crippen LogP) is 2.58. The fraction of sp³-hybridized carbons (Fsp3) is 0.462. The molecule has 0 radical (unpaired) electrons. The Labute approximate surface area is 114 Å². The predicted molar refractivity (Wildman–Crippen MR) is 74.5 cm³/mol. The smallest absolute Gasteiger partial charge is 0.243 e. The second-order valence-electron chi connectivity index (χ2n) is 4.61. The zero-order valence-electron chi connectivity index (χ0n) is 10.9. The van der Waals surface area contributed by atoms with E-state index in [-0.39, 0.29) is 24.1 Å². The molecule has 2 N–H and O–H groups in total. The summed E-state index contributed by atoms with van der Waals surface area (Å²) in [5.74, 6) is -0.0954. The number of benzene rings is 1. The highest BCUT2D eigenvalue weighted by Gasteiger charge is 2.19.